The number of amides is 1. The number of hydrogen-bond donors (Lipinski definition) is 2. The fourth-order valence-electron chi connectivity index (χ4n) is 3.16. The molecule has 8 nitrogen and oxygen atoms in total. The van der Waals surface area contributed by atoms with Crippen LogP contribution in [0.4, 0.5) is 32.3 Å². The highest BCUT2D eigenvalue weighted by atomic mass is 19.4. The molecule has 2 aromatic rings. The molecule has 1 aliphatic rings. The number of hydroxylamine groups is 1. The lowest BCUT2D eigenvalue weighted by molar-refractivity contribution is -0.140. The van der Waals surface area contributed by atoms with E-state index in [1.54, 1.807) is 11.8 Å². The third-order valence-electron chi connectivity index (χ3n) is 5.02. The van der Waals surface area contributed by atoms with E-state index in [-0.39, 0.29) is 37.4 Å². The highest BCUT2D eigenvalue weighted by molar-refractivity contribution is 5.93. The van der Waals surface area contributed by atoms with Gasteiger partial charge in [-0.25, -0.2) is 15.4 Å². The summed E-state index contributed by atoms with van der Waals surface area (Å²) in [7, 11) is 0. The van der Waals surface area contributed by atoms with Gasteiger partial charge in [0.05, 0.1) is 5.56 Å². The van der Waals surface area contributed by atoms with E-state index in [9.17, 15) is 35.9 Å². The summed E-state index contributed by atoms with van der Waals surface area (Å²) in [6, 6.07) is 0.668. The van der Waals surface area contributed by atoms with Gasteiger partial charge in [0.15, 0.2) is 0 Å². The molecule has 0 radical (unpaired) electrons. The van der Waals surface area contributed by atoms with Crippen molar-refractivity contribution in [1.29, 1.82) is 0 Å². The first-order valence-electron chi connectivity index (χ1n) is 9.99. The zero-order chi connectivity index (χ0) is 25.1. The van der Waals surface area contributed by atoms with E-state index in [1.807, 2.05) is 4.98 Å². The molecule has 1 atom stereocenters. The Hall–Kier alpha value is -3.42. The smallest absolute Gasteiger partial charge is 0.337 e. The summed E-state index contributed by atoms with van der Waals surface area (Å²) in [5.74, 6) is -0.545. The first-order valence-corrected chi connectivity index (χ1v) is 9.99. The zero-order valence-electron chi connectivity index (χ0n) is 17.6. The van der Waals surface area contributed by atoms with E-state index in [0.717, 1.165) is 6.20 Å². The maximum absolute atomic E-state index is 13.0. The molecule has 0 saturated heterocycles. The van der Waals surface area contributed by atoms with Gasteiger partial charge >= 0.3 is 12.4 Å². The van der Waals surface area contributed by atoms with E-state index < -0.39 is 41.0 Å². The summed E-state index contributed by atoms with van der Waals surface area (Å²) in [6.07, 6.45) is -6.00. The lowest BCUT2D eigenvalue weighted by atomic mass is 10.1. The van der Waals surface area contributed by atoms with E-state index in [0.29, 0.717) is 24.0 Å². The van der Waals surface area contributed by atoms with Crippen LogP contribution in [0.3, 0.4) is 0 Å². The molecule has 2 N–H and O–H groups in total. The van der Waals surface area contributed by atoms with Gasteiger partial charge in [0.2, 0.25) is 5.95 Å². The van der Waals surface area contributed by atoms with Crippen LogP contribution in [0.5, 0.6) is 0 Å². The van der Waals surface area contributed by atoms with Gasteiger partial charge in [0.1, 0.15) is 11.7 Å². The maximum Gasteiger partial charge on any atom is 0.421 e. The summed E-state index contributed by atoms with van der Waals surface area (Å²) in [5.41, 5.74) is -1.10. The van der Waals surface area contributed by atoms with Gasteiger partial charge in [0, 0.05) is 42.8 Å². The number of nitrogens with one attached hydrogen (secondary N) is 2. The Morgan fingerprint density at radius 3 is 2.41 bits per heavy atom. The normalized spacial score (nSPS) is 15.6. The van der Waals surface area contributed by atoms with Crippen molar-refractivity contribution in [2.45, 2.75) is 38.2 Å². The zero-order valence-corrected chi connectivity index (χ0v) is 17.6. The first-order chi connectivity index (χ1) is 15.9. The number of halogens is 6. The summed E-state index contributed by atoms with van der Waals surface area (Å²) < 4.78 is 76.8. The SMILES string of the molecule is CCC(ONC(=O)C1=CCN(c2ncc(C(F)(F)F)cn2)CC1)c1c[nH]c(=O)c(C(F)(F)F)c1. The number of alkyl halides is 6. The van der Waals surface area contributed by atoms with Crippen LogP contribution in [0.2, 0.25) is 0 Å². The number of hydrogen-bond acceptors (Lipinski definition) is 6. The van der Waals surface area contributed by atoms with E-state index in [4.69, 9.17) is 4.84 Å². The van der Waals surface area contributed by atoms with Gasteiger partial charge < -0.3 is 9.88 Å². The van der Waals surface area contributed by atoms with E-state index in [1.165, 1.54) is 6.08 Å². The van der Waals surface area contributed by atoms with E-state index in [2.05, 4.69) is 15.4 Å². The molecule has 0 aliphatic carbocycles. The van der Waals surface area contributed by atoms with Crippen LogP contribution in [-0.2, 0) is 22.0 Å². The molecule has 14 heteroatoms. The monoisotopic (exact) mass is 491 g/mol. The highest BCUT2D eigenvalue weighted by Gasteiger charge is 2.35. The Morgan fingerprint density at radius 1 is 1.21 bits per heavy atom. The summed E-state index contributed by atoms with van der Waals surface area (Å²) in [6.45, 7) is 2.02. The Balaban J connectivity index is 1.61. The maximum atomic E-state index is 13.0. The van der Waals surface area contributed by atoms with Crippen molar-refractivity contribution < 1.29 is 36.0 Å². The van der Waals surface area contributed by atoms with Gasteiger partial charge in [0.25, 0.3) is 11.5 Å². The average molecular weight is 491 g/mol. The number of aromatic amines is 1. The minimum absolute atomic E-state index is 0.0259. The molecule has 0 saturated carbocycles. The summed E-state index contributed by atoms with van der Waals surface area (Å²) >= 11 is 0. The van der Waals surface area contributed by atoms with Crippen molar-refractivity contribution in [3.05, 3.63) is 63.4 Å². The number of anilines is 1. The van der Waals surface area contributed by atoms with Crippen molar-refractivity contribution in [1.82, 2.24) is 20.4 Å². The molecule has 0 bridgehead atoms. The first kappa shape index (κ1) is 25.2. The minimum atomic E-state index is -4.85. The van der Waals surface area contributed by atoms with Crippen molar-refractivity contribution in [2.75, 3.05) is 18.0 Å². The number of aromatic nitrogens is 3. The second-order valence-electron chi connectivity index (χ2n) is 7.31. The number of H-pyrrole nitrogens is 1. The van der Waals surface area contributed by atoms with Gasteiger partial charge in [-0.15, -0.1) is 0 Å². The number of carbonyl (C=O) groups is 1. The fraction of sp³-hybridized carbons (Fsp3) is 0.400. The Kier molecular flexibility index (Phi) is 7.29. The second kappa shape index (κ2) is 9.83. The average Bonchev–Trinajstić information content (AvgIpc) is 2.79. The molecule has 2 aromatic heterocycles. The topological polar surface area (TPSA) is 100 Å². The third-order valence-corrected chi connectivity index (χ3v) is 5.02. The Morgan fingerprint density at radius 2 is 1.88 bits per heavy atom. The van der Waals surface area contributed by atoms with Crippen LogP contribution in [-0.4, -0.2) is 33.9 Å². The molecule has 0 aromatic carbocycles. The van der Waals surface area contributed by atoms with Crippen molar-refractivity contribution in [3.8, 4) is 0 Å². The molecule has 1 aliphatic heterocycles. The second-order valence-corrected chi connectivity index (χ2v) is 7.31. The molecule has 1 unspecified atom stereocenters. The van der Waals surface area contributed by atoms with Gasteiger partial charge in [-0.2, -0.15) is 26.3 Å². The standard InChI is InChI=1S/C20H19F6N5O3/c1-2-15(12-7-14(20(24,25)26)17(33)27-8-12)34-30-16(32)11-3-5-31(6-4-11)18-28-9-13(10-29-18)19(21,22)23/h3,7-10,15H,2,4-6H2,1H3,(H,27,33)(H,30,32). The van der Waals surface area contributed by atoms with E-state index >= 15 is 0 Å². The number of pyridine rings is 1. The van der Waals surface area contributed by atoms with Crippen LogP contribution in [0.1, 0.15) is 42.6 Å². The van der Waals surface area contributed by atoms with Gasteiger partial charge in [-0.3, -0.25) is 14.4 Å². The predicted molar refractivity (Wildman–Crippen MR) is 106 cm³/mol. The summed E-state index contributed by atoms with van der Waals surface area (Å²) in [4.78, 5) is 40.1. The number of nitrogens with zero attached hydrogens (tertiary/aromatic N) is 3. The Labute approximate surface area is 188 Å². The largest absolute Gasteiger partial charge is 0.421 e. The quantitative estimate of drug-likeness (QED) is 0.474. The molecule has 1 amide bonds. The van der Waals surface area contributed by atoms with Crippen molar-refractivity contribution in [3.63, 3.8) is 0 Å². The van der Waals surface area contributed by atoms with Crippen LogP contribution < -0.4 is 15.9 Å². The van der Waals surface area contributed by atoms with Crippen LogP contribution in [0.25, 0.3) is 0 Å². The van der Waals surface area contributed by atoms with Crippen molar-refractivity contribution in [2.24, 2.45) is 0 Å². The van der Waals surface area contributed by atoms with Gasteiger partial charge in [-0.05, 0) is 18.9 Å². The molecular weight excluding hydrogens is 472 g/mol. The minimum Gasteiger partial charge on any atom is -0.337 e. The lowest BCUT2D eigenvalue weighted by Crippen LogP contribution is -2.35. The number of rotatable bonds is 6. The highest BCUT2D eigenvalue weighted by Crippen LogP contribution is 2.30. The fourth-order valence-corrected chi connectivity index (χ4v) is 3.16. The predicted octanol–water partition coefficient (Wildman–Crippen LogP) is 3.54. The molecule has 0 fully saturated rings. The molecule has 184 valence electrons. The number of carbonyl (C=O) groups excluding carboxylic acids is 1. The lowest BCUT2D eigenvalue weighted by Gasteiger charge is -2.26. The molecule has 3 rings (SSSR count). The van der Waals surface area contributed by atoms with Crippen LogP contribution in [0.15, 0.2) is 41.1 Å². The molecular formula is C20H19F6N5O3. The third kappa shape index (κ3) is 5.92. The van der Waals surface area contributed by atoms with Gasteiger partial charge in [-0.1, -0.05) is 13.0 Å². The summed E-state index contributed by atoms with van der Waals surface area (Å²) in [5, 5.41) is 0. The van der Waals surface area contributed by atoms with Crippen LogP contribution >= 0.6 is 0 Å². The van der Waals surface area contributed by atoms with Crippen molar-refractivity contribution >= 4 is 11.9 Å². The molecule has 0 spiro atoms. The Bertz CT molecular complexity index is 1110. The van der Waals surface area contributed by atoms with Crippen LogP contribution in [0, 0.1) is 0 Å². The molecule has 3 heterocycles. The molecule has 34 heavy (non-hydrogen) atoms.